The van der Waals surface area contributed by atoms with Crippen molar-refractivity contribution in [2.24, 2.45) is 0 Å². The number of hydrogen-bond acceptors (Lipinski definition) is 4. The first-order valence-corrected chi connectivity index (χ1v) is 6.30. The molecule has 0 aromatic heterocycles. The SMILES string of the molecule is C[C@@H]1CN(C(=O)NCCC#N)C[C@@]2(CCOC2)O1. The molecule has 2 saturated heterocycles. The Morgan fingerprint density at radius 2 is 2.50 bits per heavy atom. The molecule has 2 amide bonds. The number of amides is 2. The Hall–Kier alpha value is -1.32. The summed E-state index contributed by atoms with van der Waals surface area (Å²) < 4.78 is 11.3. The molecule has 2 rings (SSSR count). The van der Waals surface area contributed by atoms with Gasteiger partial charge in [-0.3, -0.25) is 0 Å². The van der Waals surface area contributed by atoms with E-state index in [1.54, 1.807) is 4.90 Å². The standard InChI is InChI=1S/C12H19N3O3/c1-10-7-15(11(16)14-5-2-4-13)8-12(18-10)3-6-17-9-12/h10H,2-3,5-9H2,1H3,(H,14,16)/t10-,12-/m1/s1. The number of carbonyl (C=O) groups excluding carboxylic acids is 1. The van der Waals surface area contributed by atoms with E-state index in [1.807, 2.05) is 13.0 Å². The molecule has 1 N–H and O–H groups in total. The third-order valence-electron chi connectivity index (χ3n) is 3.28. The largest absolute Gasteiger partial charge is 0.378 e. The topological polar surface area (TPSA) is 74.6 Å². The molecule has 0 saturated carbocycles. The Bertz CT molecular complexity index is 347. The Morgan fingerprint density at radius 3 is 3.17 bits per heavy atom. The highest BCUT2D eigenvalue weighted by atomic mass is 16.6. The number of ether oxygens (including phenoxy) is 2. The number of urea groups is 1. The van der Waals surface area contributed by atoms with E-state index in [1.165, 1.54) is 0 Å². The highest BCUT2D eigenvalue weighted by Crippen LogP contribution is 2.29. The van der Waals surface area contributed by atoms with Crippen molar-refractivity contribution in [2.75, 3.05) is 32.8 Å². The van der Waals surface area contributed by atoms with Crippen molar-refractivity contribution in [1.29, 1.82) is 5.26 Å². The molecule has 0 aliphatic carbocycles. The molecule has 6 heteroatoms. The van der Waals surface area contributed by atoms with E-state index in [4.69, 9.17) is 14.7 Å². The lowest BCUT2D eigenvalue weighted by atomic mass is 9.99. The van der Waals surface area contributed by atoms with Crippen LogP contribution in [0.25, 0.3) is 0 Å². The zero-order valence-electron chi connectivity index (χ0n) is 10.6. The molecule has 0 unspecified atom stereocenters. The quantitative estimate of drug-likeness (QED) is 0.727. The molecule has 100 valence electrons. The van der Waals surface area contributed by atoms with Crippen LogP contribution in [-0.2, 0) is 9.47 Å². The molecule has 2 heterocycles. The first-order chi connectivity index (χ1) is 8.65. The van der Waals surface area contributed by atoms with Gasteiger partial charge >= 0.3 is 6.03 Å². The Balaban J connectivity index is 1.92. The highest BCUT2D eigenvalue weighted by molar-refractivity contribution is 5.74. The summed E-state index contributed by atoms with van der Waals surface area (Å²) in [5, 5.41) is 11.2. The van der Waals surface area contributed by atoms with Crippen LogP contribution in [0.15, 0.2) is 0 Å². The molecule has 18 heavy (non-hydrogen) atoms. The Labute approximate surface area is 107 Å². The molecule has 0 aromatic rings. The van der Waals surface area contributed by atoms with E-state index < -0.39 is 0 Å². The predicted octanol–water partition coefficient (Wildman–Crippen LogP) is 0.489. The van der Waals surface area contributed by atoms with Crippen LogP contribution in [0, 0.1) is 11.3 Å². The number of nitriles is 1. The van der Waals surface area contributed by atoms with Crippen LogP contribution in [0.3, 0.4) is 0 Å². The van der Waals surface area contributed by atoms with Gasteiger partial charge in [0.25, 0.3) is 0 Å². The lowest BCUT2D eigenvalue weighted by Gasteiger charge is -2.42. The molecule has 0 bridgehead atoms. The van der Waals surface area contributed by atoms with Crippen molar-refractivity contribution >= 4 is 6.03 Å². The van der Waals surface area contributed by atoms with Crippen molar-refractivity contribution < 1.29 is 14.3 Å². The normalized spacial score (nSPS) is 31.3. The molecular formula is C12H19N3O3. The van der Waals surface area contributed by atoms with Crippen LogP contribution in [0.4, 0.5) is 4.79 Å². The summed E-state index contributed by atoms with van der Waals surface area (Å²) >= 11 is 0. The van der Waals surface area contributed by atoms with E-state index in [0.717, 1.165) is 6.42 Å². The predicted molar refractivity (Wildman–Crippen MR) is 63.9 cm³/mol. The van der Waals surface area contributed by atoms with Crippen LogP contribution in [0.1, 0.15) is 19.8 Å². The van der Waals surface area contributed by atoms with Gasteiger partial charge in [-0.2, -0.15) is 5.26 Å². The molecule has 1 spiro atoms. The molecule has 2 atom stereocenters. The van der Waals surface area contributed by atoms with Crippen molar-refractivity contribution in [3.05, 3.63) is 0 Å². The first-order valence-electron chi connectivity index (χ1n) is 6.30. The van der Waals surface area contributed by atoms with E-state index in [2.05, 4.69) is 5.32 Å². The zero-order valence-corrected chi connectivity index (χ0v) is 10.6. The number of nitrogens with one attached hydrogen (secondary N) is 1. The molecule has 2 aliphatic rings. The number of rotatable bonds is 2. The third-order valence-corrected chi connectivity index (χ3v) is 3.28. The Morgan fingerprint density at radius 1 is 1.67 bits per heavy atom. The van der Waals surface area contributed by atoms with Gasteiger partial charge in [-0.05, 0) is 6.92 Å². The second-order valence-corrected chi connectivity index (χ2v) is 4.93. The maximum absolute atomic E-state index is 12.0. The summed E-state index contributed by atoms with van der Waals surface area (Å²) in [5.74, 6) is 0. The maximum atomic E-state index is 12.0. The molecule has 0 radical (unpaired) electrons. The van der Waals surface area contributed by atoms with Gasteiger partial charge in [0.15, 0.2) is 0 Å². The van der Waals surface area contributed by atoms with E-state index >= 15 is 0 Å². The minimum absolute atomic E-state index is 0.0159. The fourth-order valence-corrected chi connectivity index (χ4v) is 2.52. The van der Waals surface area contributed by atoms with Gasteiger partial charge in [-0.1, -0.05) is 0 Å². The highest BCUT2D eigenvalue weighted by Gasteiger charge is 2.43. The summed E-state index contributed by atoms with van der Waals surface area (Å²) in [5.41, 5.74) is -0.329. The molecule has 2 aliphatic heterocycles. The number of nitrogens with zero attached hydrogens (tertiary/aromatic N) is 2. The van der Waals surface area contributed by atoms with Crippen molar-refractivity contribution in [1.82, 2.24) is 10.2 Å². The molecular weight excluding hydrogens is 234 g/mol. The molecule has 2 fully saturated rings. The summed E-state index contributed by atoms with van der Waals surface area (Å²) in [6.45, 7) is 4.76. The second kappa shape index (κ2) is 5.55. The minimum atomic E-state index is -0.329. The number of carbonyl (C=O) groups is 1. The van der Waals surface area contributed by atoms with Crippen LogP contribution < -0.4 is 5.32 Å². The van der Waals surface area contributed by atoms with Gasteiger partial charge in [0, 0.05) is 26.1 Å². The van der Waals surface area contributed by atoms with Gasteiger partial charge < -0.3 is 19.7 Å². The van der Waals surface area contributed by atoms with Crippen molar-refractivity contribution in [3.63, 3.8) is 0 Å². The lowest BCUT2D eigenvalue weighted by molar-refractivity contribution is -0.136. The number of morpholine rings is 1. The van der Waals surface area contributed by atoms with Crippen LogP contribution in [-0.4, -0.2) is 55.5 Å². The van der Waals surface area contributed by atoms with Gasteiger partial charge in [0.1, 0.15) is 5.60 Å². The molecule has 6 nitrogen and oxygen atoms in total. The molecule has 0 aromatic carbocycles. The van der Waals surface area contributed by atoms with Gasteiger partial charge in [0.05, 0.1) is 31.7 Å². The average molecular weight is 253 g/mol. The maximum Gasteiger partial charge on any atom is 0.317 e. The summed E-state index contributed by atoms with van der Waals surface area (Å²) in [6, 6.07) is 1.89. The number of hydrogen-bond donors (Lipinski definition) is 1. The smallest absolute Gasteiger partial charge is 0.317 e. The van der Waals surface area contributed by atoms with Crippen LogP contribution in [0.2, 0.25) is 0 Å². The summed E-state index contributed by atoms with van der Waals surface area (Å²) in [6.07, 6.45) is 1.18. The second-order valence-electron chi connectivity index (χ2n) is 4.93. The van der Waals surface area contributed by atoms with Crippen molar-refractivity contribution in [3.8, 4) is 6.07 Å². The van der Waals surface area contributed by atoms with Crippen LogP contribution in [0.5, 0.6) is 0 Å². The lowest BCUT2D eigenvalue weighted by Crippen LogP contribution is -2.58. The average Bonchev–Trinajstić information content (AvgIpc) is 2.76. The fraction of sp³-hybridized carbons (Fsp3) is 0.833. The van der Waals surface area contributed by atoms with Gasteiger partial charge in [-0.25, -0.2) is 4.79 Å². The fourth-order valence-electron chi connectivity index (χ4n) is 2.52. The van der Waals surface area contributed by atoms with E-state index in [0.29, 0.717) is 39.3 Å². The first kappa shape index (κ1) is 13.1. The monoisotopic (exact) mass is 253 g/mol. The van der Waals surface area contributed by atoms with Crippen molar-refractivity contribution in [2.45, 2.75) is 31.5 Å². The van der Waals surface area contributed by atoms with Crippen LogP contribution >= 0.6 is 0 Å². The van der Waals surface area contributed by atoms with E-state index in [9.17, 15) is 4.79 Å². The van der Waals surface area contributed by atoms with Gasteiger partial charge in [-0.15, -0.1) is 0 Å². The zero-order chi connectivity index (χ0) is 13.0. The van der Waals surface area contributed by atoms with E-state index in [-0.39, 0.29) is 17.7 Å². The third kappa shape index (κ3) is 2.92. The minimum Gasteiger partial charge on any atom is -0.378 e. The summed E-state index contributed by atoms with van der Waals surface area (Å²) in [4.78, 5) is 13.7. The van der Waals surface area contributed by atoms with Gasteiger partial charge in [0.2, 0.25) is 0 Å². The Kier molecular flexibility index (Phi) is 4.04. The summed E-state index contributed by atoms with van der Waals surface area (Å²) in [7, 11) is 0.